The molecule has 0 unspecified atom stereocenters. The predicted molar refractivity (Wildman–Crippen MR) is 85.1 cm³/mol. The molecule has 19 heavy (non-hydrogen) atoms. The molecule has 0 saturated heterocycles. The van der Waals surface area contributed by atoms with E-state index in [1.165, 1.54) is 11.1 Å². The van der Waals surface area contributed by atoms with Gasteiger partial charge in [-0.25, -0.2) is 0 Å². The molecule has 0 radical (unpaired) electrons. The molecule has 0 spiro atoms. The van der Waals surface area contributed by atoms with E-state index in [1.54, 1.807) is 0 Å². The van der Waals surface area contributed by atoms with Gasteiger partial charge < -0.3 is 4.74 Å². The zero-order chi connectivity index (χ0) is 14.7. The fourth-order valence-electron chi connectivity index (χ4n) is 1.35. The Bertz CT molecular complexity index is 383. The first-order chi connectivity index (χ1) is 9.24. The van der Waals surface area contributed by atoms with Crippen LogP contribution in [0.2, 0.25) is 0 Å². The average molecular weight is 258 g/mol. The van der Waals surface area contributed by atoms with Crippen LogP contribution in [0.15, 0.2) is 48.5 Å². The third-order valence-corrected chi connectivity index (χ3v) is 2.28. The van der Waals surface area contributed by atoms with Crippen molar-refractivity contribution < 1.29 is 4.74 Å². The highest BCUT2D eigenvalue weighted by Crippen LogP contribution is 2.21. The Morgan fingerprint density at radius 3 is 1.05 bits per heavy atom. The van der Waals surface area contributed by atoms with Crippen LogP contribution in [-0.4, -0.2) is 0 Å². The molecule has 0 fully saturated rings. The van der Waals surface area contributed by atoms with Gasteiger partial charge in [-0.2, -0.15) is 0 Å². The van der Waals surface area contributed by atoms with Gasteiger partial charge in [0, 0.05) is 0 Å². The Hall–Kier alpha value is -1.76. The van der Waals surface area contributed by atoms with Gasteiger partial charge in [-0.15, -0.1) is 0 Å². The number of hydrogen-bond donors (Lipinski definition) is 0. The van der Waals surface area contributed by atoms with Crippen LogP contribution in [0.3, 0.4) is 0 Å². The molecule has 0 N–H and O–H groups in total. The zero-order valence-electron chi connectivity index (χ0n) is 13.0. The monoisotopic (exact) mass is 258 g/mol. The highest BCUT2D eigenvalue weighted by Gasteiger charge is 1.95. The second-order valence-corrected chi connectivity index (χ2v) is 3.73. The van der Waals surface area contributed by atoms with Crippen molar-refractivity contribution in [1.82, 2.24) is 0 Å². The lowest BCUT2D eigenvalue weighted by molar-refractivity contribution is 0.482. The van der Waals surface area contributed by atoms with Crippen molar-refractivity contribution in [2.45, 2.75) is 41.5 Å². The third kappa shape index (κ3) is 6.66. The van der Waals surface area contributed by atoms with E-state index in [9.17, 15) is 0 Å². The Balaban J connectivity index is 0.000000741. The third-order valence-electron chi connectivity index (χ3n) is 2.28. The summed E-state index contributed by atoms with van der Waals surface area (Å²) in [5.41, 5.74) is 2.48. The van der Waals surface area contributed by atoms with Crippen LogP contribution in [-0.2, 0) is 0 Å². The molecular formula is C18H26O. The van der Waals surface area contributed by atoms with Gasteiger partial charge in [0.05, 0.1) is 0 Å². The summed E-state index contributed by atoms with van der Waals surface area (Å²) in [4.78, 5) is 0. The first-order valence-corrected chi connectivity index (χ1v) is 7.05. The second-order valence-electron chi connectivity index (χ2n) is 3.73. The lowest BCUT2D eigenvalue weighted by Gasteiger charge is -2.05. The molecule has 0 aliphatic heterocycles. The van der Waals surface area contributed by atoms with Crippen LogP contribution in [0.1, 0.15) is 38.8 Å². The van der Waals surface area contributed by atoms with E-state index in [4.69, 9.17) is 4.74 Å². The maximum Gasteiger partial charge on any atom is 0.127 e. The van der Waals surface area contributed by atoms with Crippen molar-refractivity contribution in [2.75, 3.05) is 0 Å². The van der Waals surface area contributed by atoms with Crippen molar-refractivity contribution in [3.05, 3.63) is 59.7 Å². The smallest absolute Gasteiger partial charge is 0.127 e. The molecule has 2 rings (SSSR count). The summed E-state index contributed by atoms with van der Waals surface area (Å²) in [7, 11) is 0. The molecule has 0 aliphatic carbocycles. The summed E-state index contributed by atoms with van der Waals surface area (Å²) in [6, 6.07) is 16.1. The van der Waals surface area contributed by atoms with E-state index < -0.39 is 0 Å². The minimum absolute atomic E-state index is 0.879. The summed E-state index contributed by atoms with van der Waals surface area (Å²) >= 11 is 0. The van der Waals surface area contributed by atoms with E-state index in [0.717, 1.165) is 11.5 Å². The Kier molecular flexibility index (Phi) is 9.25. The Morgan fingerprint density at radius 1 is 0.526 bits per heavy atom. The van der Waals surface area contributed by atoms with Gasteiger partial charge in [-0.05, 0) is 38.1 Å². The van der Waals surface area contributed by atoms with Gasteiger partial charge in [0.25, 0.3) is 0 Å². The summed E-state index contributed by atoms with van der Waals surface area (Å²) in [6.07, 6.45) is 0. The topological polar surface area (TPSA) is 9.23 Å². The van der Waals surface area contributed by atoms with Crippen molar-refractivity contribution >= 4 is 0 Å². The Morgan fingerprint density at radius 2 is 0.789 bits per heavy atom. The molecule has 0 bridgehead atoms. The largest absolute Gasteiger partial charge is 0.457 e. The lowest BCUT2D eigenvalue weighted by atomic mass is 10.2. The predicted octanol–water partition coefficient (Wildman–Crippen LogP) is 6.15. The van der Waals surface area contributed by atoms with Crippen LogP contribution < -0.4 is 4.74 Å². The number of hydrogen-bond acceptors (Lipinski definition) is 1. The first kappa shape index (κ1) is 17.2. The highest BCUT2D eigenvalue weighted by atomic mass is 16.5. The molecule has 0 amide bonds. The summed E-state index contributed by atoms with van der Waals surface area (Å²) < 4.78 is 5.69. The van der Waals surface area contributed by atoms with Crippen molar-refractivity contribution in [3.63, 3.8) is 0 Å². The second kappa shape index (κ2) is 10.2. The van der Waals surface area contributed by atoms with Crippen LogP contribution in [0.25, 0.3) is 0 Å². The van der Waals surface area contributed by atoms with E-state index >= 15 is 0 Å². The molecule has 0 saturated carbocycles. The quantitative estimate of drug-likeness (QED) is 0.628. The van der Waals surface area contributed by atoms with Gasteiger partial charge in [-0.3, -0.25) is 0 Å². The SMILES string of the molecule is CC.CC.Cc1ccc(Oc2ccc(C)cc2)cc1. The first-order valence-electron chi connectivity index (χ1n) is 7.05. The van der Waals surface area contributed by atoms with Crippen LogP contribution >= 0.6 is 0 Å². The molecule has 1 nitrogen and oxygen atoms in total. The fourth-order valence-corrected chi connectivity index (χ4v) is 1.35. The average Bonchev–Trinajstić information content (AvgIpc) is 2.48. The molecule has 2 aromatic rings. The maximum atomic E-state index is 5.69. The lowest BCUT2D eigenvalue weighted by Crippen LogP contribution is -1.84. The standard InChI is InChI=1S/C14H14O.2C2H6/c1-11-3-7-13(8-4-11)15-14-9-5-12(2)6-10-14;2*1-2/h3-10H,1-2H3;2*1-2H3. The summed E-state index contributed by atoms with van der Waals surface area (Å²) in [6.45, 7) is 12.1. The molecule has 104 valence electrons. The molecule has 1 heteroatoms. The number of rotatable bonds is 2. The van der Waals surface area contributed by atoms with Crippen LogP contribution in [0.5, 0.6) is 11.5 Å². The van der Waals surface area contributed by atoms with Gasteiger partial charge in [-0.1, -0.05) is 63.1 Å². The number of ether oxygens (including phenoxy) is 1. The fraction of sp³-hybridized carbons (Fsp3) is 0.333. The van der Waals surface area contributed by atoms with E-state index in [0.29, 0.717) is 0 Å². The molecule has 0 heterocycles. The maximum absolute atomic E-state index is 5.69. The zero-order valence-corrected chi connectivity index (χ0v) is 13.0. The highest BCUT2D eigenvalue weighted by molar-refractivity contribution is 5.33. The number of benzene rings is 2. The molecule has 0 aliphatic rings. The summed E-state index contributed by atoms with van der Waals surface area (Å²) in [5, 5.41) is 0. The van der Waals surface area contributed by atoms with Crippen molar-refractivity contribution in [1.29, 1.82) is 0 Å². The van der Waals surface area contributed by atoms with Gasteiger partial charge in [0.15, 0.2) is 0 Å². The summed E-state index contributed by atoms with van der Waals surface area (Å²) in [5.74, 6) is 1.76. The van der Waals surface area contributed by atoms with E-state index in [-0.39, 0.29) is 0 Å². The number of aryl methyl sites for hydroxylation is 2. The van der Waals surface area contributed by atoms with Gasteiger partial charge >= 0.3 is 0 Å². The molecular weight excluding hydrogens is 232 g/mol. The van der Waals surface area contributed by atoms with E-state index in [2.05, 4.69) is 13.8 Å². The van der Waals surface area contributed by atoms with E-state index in [1.807, 2.05) is 76.2 Å². The molecule has 0 atom stereocenters. The van der Waals surface area contributed by atoms with Crippen LogP contribution in [0.4, 0.5) is 0 Å². The normalized spacial score (nSPS) is 8.53. The Labute approximate surface area is 118 Å². The van der Waals surface area contributed by atoms with Gasteiger partial charge in [0.2, 0.25) is 0 Å². The molecule has 0 aromatic heterocycles. The van der Waals surface area contributed by atoms with Gasteiger partial charge in [0.1, 0.15) is 11.5 Å². The van der Waals surface area contributed by atoms with Crippen molar-refractivity contribution in [2.24, 2.45) is 0 Å². The molecule has 2 aromatic carbocycles. The minimum Gasteiger partial charge on any atom is -0.457 e. The van der Waals surface area contributed by atoms with Crippen molar-refractivity contribution in [3.8, 4) is 11.5 Å². The van der Waals surface area contributed by atoms with Crippen LogP contribution in [0, 0.1) is 13.8 Å². The minimum atomic E-state index is 0.879.